The number of rotatable bonds is 4. The monoisotopic (exact) mass is 334 g/mol. The number of aromatic nitrogens is 2. The summed E-state index contributed by atoms with van der Waals surface area (Å²) in [6.07, 6.45) is 2.48. The summed E-state index contributed by atoms with van der Waals surface area (Å²) in [5.41, 5.74) is 0.868. The Bertz CT molecular complexity index is 672. The summed E-state index contributed by atoms with van der Waals surface area (Å²) in [4.78, 5) is 39.8. The van der Waals surface area contributed by atoms with E-state index in [-0.39, 0.29) is 29.7 Å². The largest absolute Gasteiger partial charge is 0.326 e. The maximum Gasteiger partial charge on any atom is 0.258 e. The fourth-order valence-electron chi connectivity index (χ4n) is 2.79. The zero-order valence-electron chi connectivity index (χ0n) is 15.3. The molecule has 24 heavy (non-hydrogen) atoms. The van der Waals surface area contributed by atoms with Crippen molar-refractivity contribution < 1.29 is 14.4 Å². The highest BCUT2D eigenvalue weighted by Crippen LogP contribution is 2.22. The minimum atomic E-state index is -0.715. The second-order valence-electron chi connectivity index (χ2n) is 7.25. The average Bonchev–Trinajstić information content (AvgIpc) is 3.00. The van der Waals surface area contributed by atoms with Crippen molar-refractivity contribution in [3.05, 3.63) is 17.5 Å². The minimum Gasteiger partial charge on any atom is -0.326 e. The molecule has 0 spiro atoms. The van der Waals surface area contributed by atoms with Crippen molar-refractivity contribution in [2.45, 2.75) is 59.0 Å². The Morgan fingerprint density at radius 1 is 1.38 bits per heavy atom. The first-order chi connectivity index (χ1) is 11.1. The van der Waals surface area contributed by atoms with Crippen LogP contribution in [0.2, 0.25) is 0 Å². The van der Waals surface area contributed by atoms with Gasteiger partial charge in [-0.1, -0.05) is 6.92 Å². The Morgan fingerprint density at radius 2 is 2.00 bits per heavy atom. The average molecular weight is 334 g/mol. The first kappa shape index (κ1) is 18.2. The second-order valence-corrected chi connectivity index (χ2v) is 7.25. The molecule has 1 aromatic heterocycles. The lowest BCUT2D eigenvalue weighted by Gasteiger charge is -2.26. The van der Waals surface area contributed by atoms with Crippen LogP contribution in [-0.4, -0.2) is 56.9 Å². The first-order valence-electron chi connectivity index (χ1n) is 8.26. The molecule has 2 rings (SSSR count). The molecule has 1 aliphatic heterocycles. The Kier molecular flexibility index (Phi) is 4.82. The number of aryl methyl sites for hydroxylation is 1. The summed E-state index contributed by atoms with van der Waals surface area (Å²) in [5.74, 6) is -0.810. The zero-order valence-corrected chi connectivity index (χ0v) is 15.3. The van der Waals surface area contributed by atoms with Gasteiger partial charge in [0.05, 0.1) is 23.2 Å². The summed E-state index contributed by atoms with van der Waals surface area (Å²) in [6.45, 7) is 10.2. The SMILES string of the molecule is CCCN(C(=O)c1cn(C(C)(C)C)nc1C)C1CC(=O)N(C)C1=O. The molecule has 0 bridgehead atoms. The van der Waals surface area contributed by atoms with Crippen molar-refractivity contribution in [1.29, 1.82) is 0 Å². The van der Waals surface area contributed by atoms with Crippen molar-refractivity contribution >= 4 is 17.7 Å². The summed E-state index contributed by atoms with van der Waals surface area (Å²) < 4.78 is 1.76. The van der Waals surface area contributed by atoms with E-state index in [1.165, 1.54) is 11.9 Å². The number of likely N-dealkylation sites (N-methyl/N-ethyl adjacent to an activating group) is 1. The van der Waals surface area contributed by atoms with Crippen LogP contribution in [0.4, 0.5) is 0 Å². The van der Waals surface area contributed by atoms with E-state index < -0.39 is 6.04 Å². The van der Waals surface area contributed by atoms with Crippen LogP contribution >= 0.6 is 0 Å². The standard InChI is InChI=1S/C17H26N4O3/c1-7-8-20(13-9-14(22)19(6)16(13)24)15(23)12-10-21(17(3,4)5)18-11(12)2/h10,13H,7-9H2,1-6H3. The number of nitrogens with zero attached hydrogens (tertiary/aromatic N) is 4. The lowest BCUT2D eigenvalue weighted by atomic mass is 10.1. The van der Waals surface area contributed by atoms with Gasteiger partial charge in [-0.2, -0.15) is 5.10 Å². The highest BCUT2D eigenvalue weighted by Gasteiger charge is 2.42. The van der Waals surface area contributed by atoms with E-state index in [9.17, 15) is 14.4 Å². The molecular weight excluding hydrogens is 308 g/mol. The van der Waals surface area contributed by atoms with E-state index in [4.69, 9.17) is 0 Å². The van der Waals surface area contributed by atoms with Crippen molar-refractivity contribution in [1.82, 2.24) is 19.6 Å². The van der Waals surface area contributed by atoms with E-state index >= 15 is 0 Å². The van der Waals surface area contributed by atoms with Gasteiger partial charge in [0.15, 0.2) is 0 Å². The number of likely N-dealkylation sites (tertiary alicyclic amines) is 1. The van der Waals surface area contributed by atoms with Crippen molar-refractivity contribution in [2.75, 3.05) is 13.6 Å². The van der Waals surface area contributed by atoms with Crippen LogP contribution in [0.25, 0.3) is 0 Å². The van der Waals surface area contributed by atoms with Gasteiger partial charge < -0.3 is 4.90 Å². The number of carbonyl (C=O) groups is 3. The van der Waals surface area contributed by atoms with E-state index in [0.717, 1.165) is 4.90 Å². The van der Waals surface area contributed by atoms with Gasteiger partial charge in [0.25, 0.3) is 11.8 Å². The topological polar surface area (TPSA) is 75.5 Å². The number of hydrogen-bond donors (Lipinski definition) is 0. The Labute approximate surface area is 142 Å². The highest BCUT2D eigenvalue weighted by molar-refractivity contribution is 6.08. The van der Waals surface area contributed by atoms with Gasteiger partial charge in [0.2, 0.25) is 5.91 Å². The molecule has 1 unspecified atom stereocenters. The molecule has 1 aliphatic rings. The highest BCUT2D eigenvalue weighted by atomic mass is 16.2. The van der Waals surface area contributed by atoms with E-state index in [1.54, 1.807) is 17.8 Å². The molecule has 7 nitrogen and oxygen atoms in total. The molecule has 1 aromatic rings. The third kappa shape index (κ3) is 3.20. The molecule has 1 atom stereocenters. The molecule has 1 fully saturated rings. The minimum absolute atomic E-state index is 0.0491. The third-order valence-electron chi connectivity index (χ3n) is 4.28. The van der Waals surface area contributed by atoms with Crippen LogP contribution in [0.15, 0.2) is 6.20 Å². The Balaban J connectivity index is 2.35. The molecule has 0 saturated carbocycles. The summed E-state index contributed by atoms with van der Waals surface area (Å²) in [5, 5.41) is 4.43. The number of amides is 3. The molecule has 0 aromatic carbocycles. The van der Waals surface area contributed by atoms with Gasteiger partial charge in [0.1, 0.15) is 6.04 Å². The fourth-order valence-corrected chi connectivity index (χ4v) is 2.79. The normalized spacial score (nSPS) is 18.4. The van der Waals surface area contributed by atoms with Crippen LogP contribution in [0, 0.1) is 6.92 Å². The number of imide groups is 1. The predicted molar refractivity (Wildman–Crippen MR) is 89.5 cm³/mol. The molecular formula is C17H26N4O3. The third-order valence-corrected chi connectivity index (χ3v) is 4.28. The second kappa shape index (κ2) is 6.37. The van der Waals surface area contributed by atoms with Crippen molar-refractivity contribution in [2.24, 2.45) is 0 Å². The van der Waals surface area contributed by atoms with Gasteiger partial charge in [-0.25, -0.2) is 0 Å². The first-order valence-corrected chi connectivity index (χ1v) is 8.26. The van der Waals surface area contributed by atoms with Gasteiger partial charge in [-0.3, -0.25) is 24.0 Å². The van der Waals surface area contributed by atoms with Crippen LogP contribution in [-0.2, 0) is 15.1 Å². The number of carbonyl (C=O) groups excluding carboxylic acids is 3. The summed E-state index contributed by atoms with van der Waals surface area (Å²) >= 11 is 0. The summed E-state index contributed by atoms with van der Waals surface area (Å²) in [7, 11) is 1.46. The molecule has 0 N–H and O–H groups in total. The molecule has 1 saturated heterocycles. The van der Waals surface area contributed by atoms with Crippen LogP contribution < -0.4 is 0 Å². The lowest BCUT2D eigenvalue weighted by molar-refractivity contribution is -0.137. The molecule has 3 amide bonds. The van der Waals surface area contributed by atoms with Crippen molar-refractivity contribution in [3.63, 3.8) is 0 Å². The van der Waals surface area contributed by atoms with Gasteiger partial charge in [0, 0.05) is 19.8 Å². The molecule has 7 heteroatoms. The quantitative estimate of drug-likeness (QED) is 0.783. The molecule has 2 heterocycles. The molecule has 132 valence electrons. The van der Waals surface area contributed by atoms with Crippen LogP contribution in [0.3, 0.4) is 0 Å². The van der Waals surface area contributed by atoms with E-state index in [1.807, 2.05) is 27.7 Å². The van der Waals surface area contributed by atoms with E-state index in [0.29, 0.717) is 24.2 Å². The molecule has 0 aliphatic carbocycles. The predicted octanol–water partition coefficient (Wildman–Crippen LogP) is 1.56. The number of hydrogen-bond acceptors (Lipinski definition) is 4. The Hall–Kier alpha value is -2.18. The maximum atomic E-state index is 13.0. The van der Waals surface area contributed by atoms with Gasteiger partial charge >= 0.3 is 0 Å². The Morgan fingerprint density at radius 3 is 2.42 bits per heavy atom. The summed E-state index contributed by atoms with van der Waals surface area (Å²) in [6, 6.07) is -0.715. The molecule has 0 radical (unpaired) electrons. The maximum absolute atomic E-state index is 13.0. The van der Waals surface area contributed by atoms with Gasteiger partial charge in [-0.15, -0.1) is 0 Å². The fraction of sp³-hybridized carbons (Fsp3) is 0.647. The lowest BCUT2D eigenvalue weighted by Crippen LogP contribution is -2.45. The van der Waals surface area contributed by atoms with Crippen molar-refractivity contribution in [3.8, 4) is 0 Å². The van der Waals surface area contributed by atoms with Crippen LogP contribution in [0.1, 0.15) is 56.6 Å². The smallest absolute Gasteiger partial charge is 0.258 e. The van der Waals surface area contributed by atoms with Crippen LogP contribution in [0.5, 0.6) is 0 Å². The van der Waals surface area contributed by atoms with E-state index in [2.05, 4.69) is 5.10 Å². The van der Waals surface area contributed by atoms with Gasteiger partial charge in [-0.05, 0) is 34.1 Å². The zero-order chi connectivity index (χ0) is 18.2.